The number of hydrogen-bond acceptors (Lipinski definition) is 4. The highest BCUT2D eigenvalue weighted by molar-refractivity contribution is 8.18. The molecular weight excluding hydrogens is 412 g/mol. The first kappa shape index (κ1) is 19.7. The third-order valence-electron chi connectivity index (χ3n) is 3.77. The number of carbonyl (C=O) groups excluding carboxylic acids is 2. The van der Waals surface area contributed by atoms with Gasteiger partial charge in [-0.05, 0) is 60.2 Å². The molecular formula is C19H14Cl2FNO3S. The van der Waals surface area contributed by atoms with Crippen LogP contribution < -0.4 is 4.74 Å². The summed E-state index contributed by atoms with van der Waals surface area (Å²) < 4.78 is 18.5. The fraction of sp³-hybridized carbons (Fsp3) is 0.158. The fourth-order valence-corrected chi connectivity index (χ4v) is 3.80. The van der Waals surface area contributed by atoms with Crippen LogP contribution in [-0.4, -0.2) is 22.7 Å². The minimum Gasteiger partial charge on any atom is -0.492 e. The molecule has 3 rings (SSSR count). The van der Waals surface area contributed by atoms with Crippen LogP contribution in [0.2, 0.25) is 10.0 Å². The van der Waals surface area contributed by atoms with Gasteiger partial charge in [0.25, 0.3) is 11.1 Å². The van der Waals surface area contributed by atoms with Gasteiger partial charge < -0.3 is 4.74 Å². The lowest BCUT2D eigenvalue weighted by atomic mass is 10.2. The molecule has 0 aliphatic carbocycles. The SMILES string of the molecule is CCOc1ccc(/C=C2\SC(=O)N(Cc3ccc(F)cc3Cl)C2=O)cc1Cl. The molecule has 0 atom stereocenters. The molecule has 0 spiro atoms. The van der Waals surface area contributed by atoms with Crippen molar-refractivity contribution in [2.45, 2.75) is 13.5 Å². The number of rotatable bonds is 5. The van der Waals surface area contributed by atoms with Gasteiger partial charge in [0.15, 0.2) is 0 Å². The van der Waals surface area contributed by atoms with E-state index in [1.807, 2.05) is 6.92 Å². The molecule has 1 saturated heterocycles. The van der Waals surface area contributed by atoms with Gasteiger partial charge in [-0.1, -0.05) is 35.3 Å². The minimum absolute atomic E-state index is 0.0227. The van der Waals surface area contributed by atoms with Gasteiger partial charge in [-0.3, -0.25) is 14.5 Å². The summed E-state index contributed by atoms with van der Waals surface area (Å²) in [5, 5.41) is 0.169. The number of halogens is 3. The van der Waals surface area contributed by atoms with Crippen molar-refractivity contribution < 1.29 is 18.7 Å². The second kappa shape index (κ2) is 8.33. The Bertz CT molecular complexity index is 949. The number of amides is 2. The highest BCUT2D eigenvalue weighted by atomic mass is 35.5. The number of nitrogens with zero attached hydrogens (tertiary/aromatic N) is 1. The van der Waals surface area contributed by atoms with E-state index in [0.29, 0.717) is 28.5 Å². The summed E-state index contributed by atoms with van der Waals surface area (Å²) in [7, 11) is 0. The van der Waals surface area contributed by atoms with E-state index in [-0.39, 0.29) is 16.5 Å². The average Bonchev–Trinajstić information content (AvgIpc) is 2.87. The largest absolute Gasteiger partial charge is 0.492 e. The van der Waals surface area contributed by atoms with Crippen LogP contribution in [0.4, 0.5) is 9.18 Å². The van der Waals surface area contributed by atoms with E-state index in [4.69, 9.17) is 27.9 Å². The summed E-state index contributed by atoms with van der Waals surface area (Å²) in [6.07, 6.45) is 1.60. The van der Waals surface area contributed by atoms with Crippen molar-refractivity contribution in [3.05, 3.63) is 68.3 Å². The third-order valence-corrected chi connectivity index (χ3v) is 5.33. The summed E-state index contributed by atoms with van der Waals surface area (Å²) in [5.74, 6) is -0.365. The molecule has 4 nitrogen and oxygen atoms in total. The maximum absolute atomic E-state index is 13.2. The lowest BCUT2D eigenvalue weighted by molar-refractivity contribution is -0.123. The van der Waals surface area contributed by atoms with Crippen molar-refractivity contribution in [2.75, 3.05) is 6.61 Å². The van der Waals surface area contributed by atoms with Crippen molar-refractivity contribution >= 4 is 52.2 Å². The van der Waals surface area contributed by atoms with Gasteiger partial charge >= 0.3 is 0 Å². The maximum atomic E-state index is 13.2. The molecule has 27 heavy (non-hydrogen) atoms. The zero-order valence-electron chi connectivity index (χ0n) is 14.2. The predicted octanol–water partition coefficient (Wildman–Crippen LogP) is 5.77. The first-order valence-electron chi connectivity index (χ1n) is 8.00. The monoisotopic (exact) mass is 425 g/mol. The van der Waals surface area contributed by atoms with Gasteiger partial charge in [0, 0.05) is 5.02 Å². The Balaban J connectivity index is 1.81. The Morgan fingerprint density at radius 3 is 2.59 bits per heavy atom. The number of carbonyl (C=O) groups is 2. The summed E-state index contributed by atoms with van der Waals surface area (Å²) in [5.41, 5.74) is 1.17. The Kier molecular flexibility index (Phi) is 6.09. The minimum atomic E-state index is -0.481. The van der Waals surface area contributed by atoms with E-state index in [1.54, 1.807) is 24.3 Å². The van der Waals surface area contributed by atoms with Crippen LogP contribution in [0.15, 0.2) is 41.3 Å². The second-order valence-electron chi connectivity index (χ2n) is 5.63. The summed E-state index contributed by atoms with van der Waals surface area (Å²) in [4.78, 5) is 26.2. The molecule has 0 saturated carbocycles. The number of benzene rings is 2. The smallest absolute Gasteiger partial charge is 0.293 e. The van der Waals surface area contributed by atoms with E-state index < -0.39 is 17.0 Å². The van der Waals surface area contributed by atoms with Crippen molar-refractivity contribution in [2.24, 2.45) is 0 Å². The molecule has 2 aromatic rings. The normalized spacial score (nSPS) is 15.7. The fourth-order valence-electron chi connectivity index (χ4n) is 2.49. The van der Waals surface area contributed by atoms with Gasteiger partial charge in [-0.15, -0.1) is 0 Å². The molecule has 1 aliphatic rings. The molecule has 1 aliphatic heterocycles. The van der Waals surface area contributed by atoms with Crippen molar-refractivity contribution in [3.8, 4) is 5.75 Å². The van der Waals surface area contributed by atoms with Crippen LogP contribution in [0.5, 0.6) is 5.75 Å². The summed E-state index contributed by atoms with van der Waals surface area (Å²) in [6.45, 7) is 2.32. The Labute approximate surface area is 169 Å². The van der Waals surface area contributed by atoms with E-state index in [0.717, 1.165) is 22.7 Å². The van der Waals surface area contributed by atoms with E-state index in [2.05, 4.69) is 0 Å². The van der Waals surface area contributed by atoms with E-state index in [1.165, 1.54) is 12.1 Å². The topological polar surface area (TPSA) is 46.6 Å². The summed E-state index contributed by atoms with van der Waals surface area (Å²) >= 11 is 13.0. The highest BCUT2D eigenvalue weighted by Crippen LogP contribution is 2.35. The van der Waals surface area contributed by atoms with Crippen LogP contribution in [0, 0.1) is 5.82 Å². The predicted molar refractivity (Wildman–Crippen MR) is 106 cm³/mol. The zero-order valence-corrected chi connectivity index (χ0v) is 16.5. The quantitative estimate of drug-likeness (QED) is 0.570. The number of imide groups is 1. The lowest BCUT2D eigenvalue weighted by Gasteiger charge is -2.13. The van der Waals surface area contributed by atoms with Gasteiger partial charge in [0.05, 0.1) is 23.1 Å². The van der Waals surface area contributed by atoms with Crippen LogP contribution in [0.25, 0.3) is 6.08 Å². The average molecular weight is 426 g/mol. The van der Waals surface area contributed by atoms with Crippen LogP contribution in [0.3, 0.4) is 0 Å². The zero-order chi connectivity index (χ0) is 19.6. The number of ether oxygens (including phenoxy) is 1. The molecule has 0 unspecified atom stereocenters. The maximum Gasteiger partial charge on any atom is 0.293 e. The molecule has 0 radical (unpaired) electrons. The van der Waals surface area contributed by atoms with Gasteiger partial charge in [0.2, 0.25) is 0 Å². The standard InChI is InChI=1S/C19H14Cl2FNO3S/c1-2-26-16-6-3-11(7-15(16)21)8-17-18(24)23(19(25)27-17)10-12-4-5-13(22)9-14(12)20/h3-9H,2,10H2,1H3/b17-8-. The van der Waals surface area contributed by atoms with Gasteiger partial charge in [0.1, 0.15) is 11.6 Å². The molecule has 1 fully saturated rings. The first-order valence-corrected chi connectivity index (χ1v) is 9.58. The number of thioether (sulfide) groups is 1. The highest BCUT2D eigenvalue weighted by Gasteiger charge is 2.35. The number of hydrogen-bond donors (Lipinski definition) is 0. The molecule has 0 bridgehead atoms. The molecule has 0 N–H and O–H groups in total. The van der Waals surface area contributed by atoms with Gasteiger partial charge in [-0.2, -0.15) is 0 Å². The van der Waals surface area contributed by atoms with E-state index in [9.17, 15) is 14.0 Å². The Morgan fingerprint density at radius 2 is 1.93 bits per heavy atom. The third kappa shape index (κ3) is 4.46. The molecule has 140 valence electrons. The lowest BCUT2D eigenvalue weighted by Crippen LogP contribution is -2.27. The first-order chi connectivity index (χ1) is 12.9. The molecule has 8 heteroatoms. The van der Waals surface area contributed by atoms with Crippen LogP contribution >= 0.6 is 35.0 Å². The van der Waals surface area contributed by atoms with Crippen LogP contribution in [-0.2, 0) is 11.3 Å². The van der Waals surface area contributed by atoms with Crippen molar-refractivity contribution in [1.29, 1.82) is 0 Å². The van der Waals surface area contributed by atoms with Crippen molar-refractivity contribution in [3.63, 3.8) is 0 Å². The van der Waals surface area contributed by atoms with Crippen LogP contribution in [0.1, 0.15) is 18.1 Å². The Morgan fingerprint density at radius 1 is 1.15 bits per heavy atom. The molecule has 2 amide bonds. The molecule has 1 heterocycles. The van der Waals surface area contributed by atoms with E-state index >= 15 is 0 Å². The van der Waals surface area contributed by atoms with Crippen molar-refractivity contribution in [1.82, 2.24) is 4.90 Å². The summed E-state index contributed by atoms with van der Waals surface area (Å²) in [6, 6.07) is 8.96. The van der Waals surface area contributed by atoms with Gasteiger partial charge in [-0.25, -0.2) is 4.39 Å². The second-order valence-corrected chi connectivity index (χ2v) is 7.43. The molecule has 2 aromatic carbocycles. The Hall–Kier alpha value is -2.02. The molecule has 0 aromatic heterocycles.